The second-order valence-electron chi connectivity index (χ2n) is 11.2. The summed E-state index contributed by atoms with van der Waals surface area (Å²) in [6, 6.07) is 23.6. The lowest BCUT2D eigenvalue weighted by Crippen LogP contribution is -2.42. The normalized spacial score (nSPS) is 18.1. The summed E-state index contributed by atoms with van der Waals surface area (Å²) >= 11 is 0. The predicted octanol–water partition coefficient (Wildman–Crippen LogP) is 7.79. The molecule has 6 heteroatoms. The van der Waals surface area contributed by atoms with Gasteiger partial charge >= 0.3 is 12.1 Å². The molecule has 2 unspecified atom stereocenters. The minimum absolute atomic E-state index is 0.390. The maximum Gasteiger partial charge on any atom is 0.408 e. The standard InChI is InChI=1S/C34H33NO5/c1-33(2,3)40-32(38)35-25(16-17-30(36)37)22-34(20-18-24(19-21-34)23-10-5-4-6-11-23)28-14-9-13-27-26-12-7-8-15-29(26)39-31(27)28/h4-20,25H,21-22H2,1-3H3,(H,35,38)(H,36,37). The Labute approximate surface area is 233 Å². The molecule has 1 amide bonds. The van der Waals surface area contributed by atoms with E-state index in [2.05, 4.69) is 47.8 Å². The summed E-state index contributed by atoms with van der Waals surface area (Å²) in [7, 11) is 0. The number of carbonyl (C=O) groups is 2. The summed E-state index contributed by atoms with van der Waals surface area (Å²) in [5, 5.41) is 14.3. The molecule has 0 spiro atoms. The number of amides is 1. The van der Waals surface area contributed by atoms with Gasteiger partial charge in [0.05, 0.1) is 6.04 Å². The van der Waals surface area contributed by atoms with E-state index in [4.69, 9.17) is 9.15 Å². The minimum atomic E-state index is -1.09. The van der Waals surface area contributed by atoms with Crippen molar-refractivity contribution in [2.45, 2.75) is 50.7 Å². The van der Waals surface area contributed by atoms with Crippen LogP contribution in [0.4, 0.5) is 4.79 Å². The van der Waals surface area contributed by atoms with Crippen LogP contribution in [-0.2, 0) is 14.9 Å². The Morgan fingerprint density at radius 2 is 1.75 bits per heavy atom. The Morgan fingerprint density at radius 3 is 2.45 bits per heavy atom. The van der Waals surface area contributed by atoms with Crippen LogP contribution in [-0.4, -0.2) is 28.8 Å². The van der Waals surface area contributed by atoms with Crippen LogP contribution in [0.2, 0.25) is 0 Å². The van der Waals surface area contributed by atoms with Crippen LogP contribution < -0.4 is 5.32 Å². The number of rotatable bonds is 7. The molecule has 1 aliphatic rings. The number of nitrogens with one attached hydrogen (secondary N) is 1. The van der Waals surface area contributed by atoms with Gasteiger partial charge in [0.2, 0.25) is 0 Å². The molecule has 0 fully saturated rings. The molecule has 1 aliphatic carbocycles. The first-order chi connectivity index (χ1) is 19.1. The molecule has 5 rings (SSSR count). The van der Waals surface area contributed by atoms with E-state index in [1.54, 1.807) is 20.8 Å². The van der Waals surface area contributed by atoms with Crippen molar-refractivity contribution in [3.8, 4) is 0 Å². The third-order valence-corrected chi connectivity index (χ3v) is 7.07. The van der Waals surface area contributed by atoms with E-state index in [0.29, 0.717) is 12.8 Å². The second-order valence-corrected chi connectivity index (χ2v) is 11.2. The van der Waals surface area contributed by atoms with E-state index < -0.39 is 29.1 Å². The second kappa shape index (κ2) is 10.9. The van der Waals surface area contributed by atoms with Crippen molar-refractivity contribution >= 4 is 39.6 Å². The fraction of sp³-hybridized carbons (Fsp3) is 0.235. The molecule has 6 nitrogen and oxygen atoms in total. The predicted molar refractivity (Wildman–Crippen MR) is 158 cm³/mol. The van der Waals surface area contributed by atoms with E-state index in [-0.39, 0.29) is 0 Å². The number of carboxylic acids is 1. The number of para-hydroxylation sites is 2. The molecule has 0 radical (unpaired) electrons. The summed E-state index contributed by atoms with van der Waals surface area (Å²) < 4.78 is 11.9. The van der Waals surface area contributed by atoms with Gasteiger partial charge in [0, 0.05) is 27.8 Å². The van der Waals surface area contributed by atoms with Gasteiger partial charge < -0.3 is 19.6 Å². The van der Waals surface area contributed by atoms with Crippen LogP contribution >= 0.6 is 0 Å². The molecule has 1 heterocycles. The van der Waals surface area contributed by atoms with Crippen LogP contribution in [0.3, 0.4) is 0 Å². The van der Waals surface area contributed by atoms with Crippen molar-refractivity contribution in [3.05, 3.63) is 114 Å². The Kier molecular flexibility index (Phi) is 7.35. The number of benzene rings is 3. The number of hydrogen-bond donors (Lipinski definition) is 2. The molecular formula is C34H33NO5. The molecule has 2 atom stereocenters. The van der Waals surface area contributed by atoms with Gasteiger partial charge in [0.1, 0.15) is 16.8 Å². The van der Waals surface area contributed by atoms with E-state index in [9.17, 15) is 14.7 Å². The van der Waals surface area contributed by atoms with E-state index >= 15 is 0 Å². The highest BCUT2D eigenvalue weighted by molar-refractivity contribution is 6.06. The van der Waals surface area contributed by atoms with Crippen molar-refractivity contribution < 1.29 is 23.8 Å². The number of furan rings is 1. The van der Waals surface area contributed by atoms with Crippen LogP contribution in [0.5, 0.6) is 0 Å². The van der Waals surface area contributed by atoms with E-state index in [1.165, 1.54) is 6.08 Å². The smallest absolute Gasteiger partial charge is 0.408 e. The molecule has 0 saturated carbocycles. The third kappa shape index (κ3) is 5.86. The van der Waals surface area contributed by atoms with Gasteiger partial charge in [-0.15, -0.1) is 0 Å². The van der Waals surface area contributed by atoms with Crippen LogP contribution in [0.15, 0.2) is 108 Å². The van der Waals surface area contributed by atoms with Crippen LogP contribution in [0, 0.1) is 0 Å². The minimum Gasteiger partial charge on any atom is -0.478 e. The summed E-state index contributed by atoms with van der Waals surface area (Å²) in [6.45, 7) is 5.37. The number of alkyl carbamates (subject to hydrolysis) is 1. The zero-order chi connectivity index (χ0) is 28.3. The van der Waals surface area contributed by atoms with Crippen molar-refractivity contribution in [1.82, 2.24) is 5.32 Å². The first-order valence-corrected chi connectivity index (χ1v) is 13.4. The average molecular weight is 536 g/mol. The molecule has 1 aromatic heterocycles. The highest BCUT2D eigenvalue weighted by atomic mass is 16.6. The third-order valence-electron chi connectivity index (χ3n) is 7.07. The largest absolute Gasteiger partial charge is 0.478 e. The van der Waals surface area contributed by atoms with Crippen LogP contribution in [0.25, 0.3) is 27.5 Å². The van der Waals surface area contributed by atoms with Gasteiger partial charge in [0.15, 0.2) is 0 Å². The lowest BCUT2D eigenvalue weighted by Gasteiger charge is -2.36. The summed E-state index contributed by atoms with van der Waals surface area (Å²) in [5.74, 6) is -1.09. The van der Waals surface area contributed by atoms with Crippen molar-refractivity contribution in [2.24, 2.45) is 0 Å². The summed E-state index contributed by atoms with van der Waals surface area (Å²) in [4.78, 5) is 24.3. The maximum atomic E-state index is 12.8. The molecule has 0 saturated heterocycles. The van der Waals surface area contributed by atoms with Gasteiger partial charge in [-0.2, -0.15) is 0 Å². The lowest BCUT2D eigenvalue weighted by atomic mass is 9.69. The molecule has 40 heavy (non-hydrogen) atoms. The average Bonchev–Trinajstić information content (AvgIpc) is 3.30. The molecule has 0 bridgehead atoms. The van der Waals surface area contributed by atoms with E-state index in [0.717, 1.165) is 44.7 Å². The van der Waals surface area contributed by atoms with Crippen molar-refractivity contribution in [1.29, 1.82) is 0 Å². The van der Waals surface area contributed by atoms with Crippen molar-refractivity contribution in [2.75, 3.05) is 0 Å². The molecule has 3 aromatic carbocycles. The zero-order valence-corrected chi connectivity index (χ0v) is 22.9. The Hall–Kier alpha value is -4.58. The first-order valence-electron chi connectivity index (χ1n) is 13.4. The highest BCUT2D eigenvalue weighted by Crippen LogP contribution is 2.45. The van der Waals surface area contributed by atoms with Crippen molar-refractivity contribution in [3.63, 3.8) is 0 Å². The molecule has 2 N–H and O–H groups in total. The number of fused-ring (bicyclic) bond motifs is 3. The number of aliphatic carboxylic acids is 1. The van der Waals surface area contributed by atoms with Gasteiger partial charge in [-0.3, -0.25) is 0 Å². The molecule has 204 valence electrons. The highest BCUT2D eigenvalue weighted by Gasteiger charge is 2.36. The Morgan fingerprint density at radius 1 is 1.02 bits per heavy atom. The van der Waals surface area contributed by atoms with Gasteiger partial charge in [0.25, 0.3) is 0 Å². The van der Waals surface area contributed by atoms with Crippen LogP contribution in [0.1, 0.15) is 44.7 Å². The quantitative estimate of drug-likeness (QED) is 0.236. The summed E-state index contributed by atoms with van der Waals surface area (Å²) in [6.07, 6.45) is 9.44. The number of ether oxygens (including phenoxy) is 1. The van der Waals surface area contributed by atoms with E-state index in [1.807, 2.05) is 48.5 Å². The van der Waals surface area contributed by atoms with Gasteiger partial charge in [-0.05, 0) is 50.8 Å². The van der Waals surface area contributed by atoms with Gasteiger partial charge in [-0.25, -0.2) is 9.59 Å². The number of allylic oxidation sites excluding steroid dienone is 4. The lowest BCUT2D eigenvalue weighted by molar-refractivity contribution is -0.131. The Balaban J connectivity index is 1.60. The fourth-order valence-electron chi connectivity index (χ4n) is 5.34. The first kappa shape index (κ1) is 27.0. The molecule has 0 aliphatic heterocycles. The zero-order valence-electron chi connectivity index (χ0n) is 22.9. The number of carboxylic acid groups (broad SMARTS) is 1. The Bertz CT molecular complexity index is 1640. The molecular weight excluding hydrogens is 502 g/mol. The molecule has 4 aromatic rings. The maximum absolute atomic E-state index is 12.8. The summed E-state index contributed by atoms with van der Waals surface area (Å²) in [5.41, 5.74) is 3.47. The number of hydrogen-bond acceptors (Lipinski definition) is 4. The SMILES string of the molecule is CC(C)(C)OC(=O)NC(C=CC(=O)O)CC1(c2cccc3c2oc2ccccc23)C=CC(c2ccccc2)=CC1. The fourth-order valence-corrected chi connectivity index (χ4v) is 5.34. The number of carbonyl (C=O) groups excluding carboxylic acids is 1. The monoisotopic (exact) mass is 535 g/mol. The van der Waals surface area contributed by atoms with Gasteiger partial charge in [-0.1, -0.05) is 91.0 Å². The topological polar surface area (TPSA) is 88.8 Å².